The van der Waals surface area contributed by atoms with E-state index in [2.05, 4.69) is 5.32 Å². The van der Waals surface area contributed by atoms with Gasteiger partial charge in [0.25, 0.3) is 5.91 Å². The predicted molar refractivity (Wildman–Crippen MR) is 59.9 cm³/mol. The fourth-order valence-corrected chi connectivity index (χ4v) is 2.76. The molecule has 1 heterocycles. The third kappa shape index (κ3) is 1.86. The zero-order chi connectivity index (χ0) is 12.2. The van der Waals surface area contributed by atoms with Crippen LogP contribution in [0.4, 0.5) is 5.69 Å². The van der Waals surface area contributed by atoms with Gasteiger partial charge in [-0.25, -0.2) is 8.42 Å². The van der Waals surface area contributed by atoms with Crippen LogP contribution >= 0.6 is 0 Å². The van der Waals surface area contributed by atoms with Crippen molar-refractivity contribution in [2.45, 2.75) is 4.90 Å². The number of rotatable bonds is 1. The van der Waals surface area contributed by atoms with Gasteiger partial charge in [0.1, 0.15) is 10.1 Å². The Morgan fingerprint density at radius 3 is 2.50 bits per heavy atom. The van der Waals surface area contributed by atoms with Crippen LogP contribution in [0.1, 0.15) is 10.4 Å². The number of anilines is 1. The Hall–Kier alpha value is -0.920. The summed E-state index contributed by atoms with van der Waals surface area (Å²) >= 11 is 0. The largest absolute Gasteiger partial charge is 1.00 e. The van der Waals surface area contributed by atoms with Crippen LogP contribution in [0.5, 0.6) is 0 Å². The number of carbonyl (C=O) groups excluding carboxylic acids is 1. The Labute approximate surface area is 125 Å². The van der Waals surface area contributed by atoms with Gasteiger partial charge in [-0.2, -0.15) is 0 Å². The van der Waals surface area contributed by atoms with Crippen molar-refractivity contribution in [2.24, 2.45) is 0 Å². The molecule has 1 N–H and O–H groups in total. The second-order valence-corrected chi connectivity index (χ2v) is 5.10. The summed E-state index contributed by atoms with van der Waals surface area (Å²) in [5.41, 5.74) is 0.927. The first kappa shape index (κ1) is 13.5. The van der Waals surface area contributed by atoms with Crippen LogP contribution < -0.4 is 34.9 Å². The van der Waals surface area contributed by atoms with E-state index in [9.17, 15) is 17.8 Å². The molecular weight excluding hydrogens is 265 g/mol. The van der Waals surface area contributed by atoms with Gasteiger partial charge in [-0.15, -0.1) is 0 Å². The fraction of sp³-hybridized carbons (Fsp3) is 0. The number of nitrogens with one attached hydrogen (secondary N) is 1. The minimum atomic E-state index is -4.54. The summed E-state index contributed by atoms with van der Waals surface area (Å²) in [7, 11) is -4.54. The molecule has 0 radical (unpaired) electrons. The van der Waals surface area contributed by atoms with Gasteiger partial charge in [-0.05, 0) is 18.2 Å². The molecule has 0 saturated carbocycles. The van der Waals surface area contributed by atoms with E-state index in [1.807, 2.05) is 0 Å². The van der Waals surface area contributed by atoms with Crippen LogP contribution in [0.15, 0.2) is 35.2 Å². The minimum absolute atomic E-state index is 0. The molecule has 0 aromatic heterocycles. The molecule has 2 aromatic carbocycles. The van der Waals surface area contributed by atoms with Crippen LogP contribution in [-0.4, -0.2) is 18.9 Å². The van der Waals surface area contributed by atoms with Crippen molar-refractivity contribution < 1.29 is 47.3 Å². The number of hydrogen-bond donors (Lipinski definition) is 1. The Bertz CT molecular complexity index is 770. The van der Waals surface area contributed by atoms with Crippen molar-refractivity contribution in [1.82, 2.24) is 0 Å². The molecule has 0 spiro atoms. The quantitative estimate of drug-likeness (QED) is 0.495. The minimum Gasteiger partial charge on any atom is -0.744 e. The third-order valence-corrected chi connectivity index (χ3v) is 3.66. The molecule has 0 fully saturated rings. The molecule has 1 aliphatic heterocycles. The zero-order valence-electron chi connectivity index (χ0n) is 9.43. The number of amides is 1. The average Bonchev–Trinajstić information content (AvgIpc) is 2.57. The molecule has 0 atom stereocenters. The van der Waals surface area contributed by atoms with Crippen molar-refractivity contribution in [3.63, 3.8) is 0 Å². The van der Waals surface area contributed by atoms with E-state index >= 15 is 0 Å². The molecule has 1 aliphatic rings. The van der Waals surface area contributed by atoms with Gasteiger partial charge >= 0.3 is 29.6 Å². The van der Waals surface area contributed by atoms with E-state index in [0.29, 0.717) is 16.6 Å². The second-order valence-electron chi connectivity index (χ2n) is 3.75. The molecule has 1 amide bonds. The second kappa shape index (κ2) is 4.32. The first-order chi connectivity index (χ1) is 7.98. The Morgan fingerprint density at radius 1 is 1.11 bits per heavy atom. The van der Waals surface area contributed by atoms with Gasteiger partial charge in [-0.3, -0.25) is 4.79 Å². The summed E-state index contributed by atoms with van der Waals surface area (Å²) < 4.78 is 33.3. The fourth-order valence-electron chi connectivity index (χ4n) is 2.08. The number of hydrogen-bond acceptors (Lipinski definition) is 4. The first-order valence-corrected chi connectivity index (χ1v) is 6.22. The maximum Gasteiger partial charge on any atom is 1.00 e. The molecule has 5 nitrogen and oxygen atoms in total. The molecule has 7 heteroatoms. The average molecular weight is 271 g/mol. The van der Waals surface area contributed by atoms with Gasteiger partial charge in [0.15, 0.2) is 0 Å². The zero-order valence-corrected chi connectivity index (χ0v) is 12.2. The van der Waals surface area contributed by atoms with Crippen LogP contribution in [-0.2, 0) is 10.1 Å². The maximum absolute atomic E-state index is 11.6. The van der Waals surface area contributed by atoms with E-state index in [1.165, 1.54) is 18.2 Å². The van der Waals surface area contributed by atoms with Gasteiger partial charge in [0, 0.05) is 22.0 Å². The Morgan fingerprint density at radius 2 is 1.83 bits per heavy atom. The van der Waals surface area contributed by atoms with Crippen molar-refractivity contribution in [3.05, 3.63) is 35.9 Å². The van der Waals surface area contributed by atoms with E-state index in [-0.39, 0.29) is 45.7 Å². The van der Waals surface area contributed by atoms with Gasteiger partial charge in [0.2, 0.25) is 0 Å². The summed E-state index contributed by atoms with van der Waals surface area (Å²) in [6.45, 7) is 0. The standard InChI is InChI=1S/C11H7NO4S.Na/c13-11-7-3-1-2-6-9(17(14,15)16)5-4-8(12-11)10(6)7;/h1-5H,(H,12,13)(H,14,15,16);/q;+1/p-1. The summed E-state index contributed by atoms with van der Waals surface area (Å²) in [4.78, 5) is 11.3. The molecule has 86 valence electrons. The van der Waals surface area contributed by atoms with Gasteiger partial charge < -0.3 is 9.87 Å². The monoisotopic (exact) mass is 271 g/mol. The summed E-state index contributed by atoms with van der Waals surface area (Å²) in [5.74, 6) is -0.286. The third-order valence-electron chi connectivity index (χ3n) is 2.76. The molecule has 18 heavy (non-hydrogen) atoms. The Kier molecular flexibility index (Phi) is 3.25. The summed E-state index contributed by atoms with van der Waals surface area (Å²) in [5, 5.41) is 3.39. The van der Waals surface area contributed by atoms with Crippen molar-refractivity contribution in [1.29, 1.82) is 0 Å². The molecule has 0 bridgehead atoms. The van der Waals surface area contributed by atoms with Gasteiger partial charge in [-0.1, -0.05) is 12.1 Å². The van der Waals surface area contributed by atoms with E-state index < -0.39 is 10.1 Å². The smallest absolute Gasteiger partial charge is 0.744 e. The molecular formula is C11H6NNaO4S. The summed E-state index contributed by atoms with van der Waals surface area (Å²) in [6, 6.07) is 7.32. The van der Waals surface area contributed by atoms with E-state index in [4.69, 9.17) is 0 Å². The van der Waals surface area contributed by atoms with Crippen LogP contribution in [0.2, 0.25) is 0 Å². The maximum atomic E-state index is 11.6. The van der Waals surface area contributed by atoms with Crippen LogP contribution in [0, 0.1) is 0 Å². The van der Waals surface area contributed by atoms with Crippen molar-refractivity contribution >= 4 is 32.5 Å². The van der Waals surface area contributed by atoms with E-state index in [0.717, 1.165) is 0 Å². The first-order valence-electron chi connectivity index (χ1n) is 4.81. The van der Waals surface area contributed by atoms with Crippen molar-refractivity contribution in [3.8, 4) is 0 Å². The molecule has 0 saturated heterocycles. The summed E-state index contributed by atoms with van der Waals surface area (Å²) in [6.07, 6.45) is 0. The molecule has 0 unspecified atom stereocenters. The predicted octanol–water partition coefficient (Wildman–Crippen LogP) is -1.69. The number of benzene rings is 2. The molecule has 2 aromatic rings. The molecule has 0 aliphatic carbocycles. The number of carbonyl (C=O) groups is 1. The Balaban J connectivity index is 0.00000120. The van der Waals surface area contributed by atoms with Crippen LogP contribution in [0.3, 0.4) is 0 Å². The van der Waals surface area contributed by atoms with Gasteiger partial charge in [0.05, 0.1) is 4.90 Å². The van der Waals surface area contributed by atoms with Crippen molar-refractivity contribution in [2.75, 3.05) is 5.32 Å². The molecule has 3 rings (SSSR count). The SMILES string of the molecule is O=C1Nc2ccc(S(=O)(=O)[O-])c3cccc1c23.[Na+]. The topological polar surface area (TPSA) is 86.3 Å². The van der Waals surface area contributed by atoms with Crippen LogP contribution in [0.25, 0.3) is 10.8 Å². The van der Waals surface area contributed by atoms with E-state index in [1.54, 1.807) is 12.1 Å². The normalized spacial score (nSPS) is 13.3.